The highest BCUT2D eigenvalue weighted by atomic mass is 19.1. The van der Waals surface area contributed by atoms with E-state index in [4.69, 9.17) is 0 Å². The molecule has 3 nitrogen and oxygen atoms in total. The van der Waals surface area contributed by atoms with Crippen molar-refractivity contribution in [2.75, 3.05) is 13.1 Å². The highest BCUT2D eigenvalue weighted by molar-refractivity contribution is 5.59. The Morgan fingerprint density at radius 3 is 2.88 bits per heavy atom. The third-order valence-electron chi connectivity index (χ3n) is 2.90. The Kier molecular flexibility index (Phi) is 2.22. The fraction of sp³-hybridized carbons (Fsp3) is 0.250. The average Bonchev–Trinajstić information content (AvgIpc) is 2.64. The molecule has 1 fully saturated rings. The highest BCUT2D eigenvalue weighted by Gasteiger charge is 2.21. The van der Waals surface area contributed by atoms with Crippen LogP contribution in [0.5, 0.6) is 0 Å². The van der Waals surface area contributed by atoms with Crippen molar-refractivity contribution < 1.29 is 4.39 Å². The van der Waals surface area contributed by atoms with Crippen LogP contribution in [-0.4, -0.2) is 22.9 Å². The van der Waals surface area contributed by atoms with E-state index in [2.05, 4.69) is 10.4 Å². The first-order chi connectivity index (χ1) is 7.84. The summed E-state index contributed by atoms with van der Waals surface area (Å²) in [6.07, 6.45) is 1.76. The summed E-state index contributed by atoms with van der Waals surface area (Å²) >= 11 is 0. The fourth-order valence-electron chi connectivity index (χ4n) is 1.93. The number of rotatable bonds is 2. The van der Waals surface area contributed by atoms with Crippen LogP contribution in [0.15, 0.2) is 36.5 Å². The molecular formula is C12H12FN3. The summed E-state index contributed by atoms with van der Waals surface area (Å²) in [7, 11) is 0. The molecule has 1 aliphatic heterocycles. The molecule has 1 N–H and O–H groups in total. The zero-order chi connectivity index (χ0) is 11.0. The lowest BCUT2D eigenvalue weighted by molar-refractivity contribution is 0.321. The molecule has 3 rings (SSSR count). The van der Waals surface area contributed by atoms with Gasteiger partial charge in [-0.05, 0) is 18.2 Å². The molecule has 2 aromatic rings. The second-order valence-electron chi connectivity index (χ2n) is 3.98. The lowest BCUT2D eigenvalue weighted by atomic mass is 10.1. The van der Waals surface area contributed by atoms with Crippen molar-refractivity contribution in [2.24, 2.45) is 0 Å². The van der Waals surface area contributed by atoms with Crippen LogP contribution < -0.4 is 5.32 Å². The van der Waals surface area contributed by atoms with Gasteiger partial charge in [-0.3, -0.25) is 4.68 Å². The molecular weight excluding hydrogens is 205 g/mol. The SMILES string of the molecule is Fc1cccc(-c2ccnn2C2CNC2)c1. The zero-order valence-electron chi connectivity index (χ0n) is 8.73. The Morgan fingerprint density at radius 2 is 2.19 bits per heavy atom. The first kappa shape index (κ1) is 9.54. The minimum atomic E-state index is -0.211. The summed E-state index contributed by atoms with van der Waals surface area (Å²) in [6.45, 7) is 1.87. The van der Waals surface area contributed by atoms with Gasteiger partial charge in [-0.1, -0.05) is 12.1 Å². The summed E-state index contributed by atoms with van der Waals surface area (Å²) in [5, 5.41) is 7.50. The average molecular weight is 217 g/mol. The predicted molar refractivity (Wildman–Crippen MR) is 59.5 cm³/mol. The van der Waals surface area contributed by atoms with Crippen LogP contribution in [0.25, 0.3) is 11.3 Å². The second kappa shape index (κ2) is 3.72. The van der Waals surface area contributed by atoms with Gasteiger partial charge in [0, 0.05) is 24.8 Å². The van der Waals surface area contributed by atoms with Crippen molar-refractivity contribution in [3.05, 3.63) is 42.3 Å². The van der Waals surface area contributed by atoms with Crippen LogP contribution in [0.4, 0.5) is 4.39 Å². The van der Waals surface area contributed by atoms with Crippen LogP contribution in [0.2, 0.25) is 0 Å². The van der Waals surface area contributed by atoms with Crippen LogP contribution in [0, 0.1) is 5.82 Å². The normalized spacial score (nSPS) is 16.1. The third-order valence-corrected chi connectivity index (χ3v) is 2.90. The molecule has 1 aromatic heterocycles. The van der Waals surface area contributed by atoms with Crippen LogP contribution >= 0.6 is 0 Å². The predicted octanol–water partition coefficient (Wildman–Crippen LogP) is 1.83. The molecule has 0 saturated carbocycles. The van der Waals surface area contributed by atoms with Crippen molar-refractivity contribution in [3.8, 4) is 11.3 Å². The molecule has 0 unspecified atom stereocenters. The summed E-state index contributed by atoms with van der Waals surface area (Å²) in [6, 6.07) is 8.94. The maximum Gasteiger partial charge on any atom is 0.123 e. The minimum absolute atomic E-state index is 0.211. The highest BCUT2D eigenvalue weighted by Crippen LogP contribution is 2.24. The zero-order valence-corrected chi connectivity index (χ0v) is 8.73. The summed E-state index contributed by atoms with van der Waals surface area (Å²) in [5.41, 5.74) is 1.86. The molecule has 2 heterocycles. The second-order valence-corrected chi connectivity index (χ2v) is 3.98. The molecule has 0 radical (unpaired) electrons. The van der Waals surface area contributed by atoms with Gasteiger partial charge in [-0.15, -0.1) is 0 Å². The standard InChI is InChI=1S/C12H12FN3/c13-10-3-1-2-9(6-10)12-4-5-15-16(12)11-7-14-8-11/h1-6,11,14H,7-8H2. The third kappa shape index (κ3) is 1.51. The van der Waals surface area contributed by atoms with E-state index >= 15 is 0 Å². The molecule has 16 heavy (non-hydrogen) atoms. The van der Waals surface area contributed by atoms with Crippen molar-refractivity contribution in [1.82, 2.24) is 15.1 Å². The summed E-state index contributed by atoms with van der Waals surface area (Å²) in [5.74, 6) is -0.211. The Morgan fingerprint density at radius 1 is 1.31 bits per heavy atom. The van der Waals surface area contributed by atoms with E-state index < -0.39 is 0 Å². The molecule has 1 aliphatic rings. The molecule has 0 bridgehead atoms. The van der Waals surface area contributed by atoms with Gasteiger partial charge in [0.25, 0.3) is 0 Å². The molecule has 0 amide bonds. The molecule has 4 heteroatoms. The van der Waals surface area contributed by atoms with Crippen molar-refractivity contribution in [1.29, 1.82) is 0 Å². The van der Waals surface area contributed by atoms with Gasteiger partial charge in [0.1, 0.15) is 5.82 Å². The van der Waals surface area contributed by atoms with Gasteiger partial charge in [-0.2, -0.15) is 5.10 Å². The molecule has 82 valence electrons. The fourth-order valence-corrected chi connectivity index (χ4v) is 1.93. The maximum absolute atomic E-state index is 13.1. The number of nitrogens with zero attached hydrogens (tertiary/aromatic N) is 2. The van der Waals surface area contributed by atoms with Gasteiger partial charge >= 0.3 is 0 Å². The monoisotopic (exact) mass is 217 g/mol. The molecule has 0 spiro atoms. The Bertz CT molecular complexity index is 502. The van der Waals surface area contributed by atoms with Crippen LogP contribution in [0.3, 0.4) is 0 Å². The quantitative estimate of drug-likeness (QED) is 0.831. The Labute approximate surface area is 92.9 Å². The van der Waals surface area contributed by atoms with Gasteiger partial charge < -0.3 is 5.32 Å². The Hall–Kier alpha value is -1.68. The number of nitrogens with one attached hydrogen (secondary N) is 1. The first-order valence-corrected chi connectivity index (χ1v) is 5.35. The number of halogens is 1. The molecule has 1 aromatic carbocycles. The molecule has 0 atom stereocenters. The van der Waals surface area contributed by atoms with E-state index in [-0.39, 0.29) is 5.82 Å². The minimum Gasteiger partial charge on any atom is -0.312 e. The van der Waals surface area contributed by atoms with Crippen LogP contribution in [-0.2, 0) is 0 Å². The van der Waals surface area contributed by atoms with E-state index in [0.29, 0.717) is 6.04 Å². The molecule has 1 saturated heterocycles. The van der Waals surface area contributed by atoms with Gasteiger partial charge in [0.05, 0.1) is 11.7 Å². The maximum atomic E-state index is 13.1. The summed E-state index contributed by atoms with van der Waals surface area (Å²) in [4.78, 5) is 0. The smallest absolute Gasteiger partial charge is 0.123 e. The van der Waals surface area contributed by atoms with Gasteiger partial charge in [0.2, 0.25) is 0 Å². The van der Waals surface area contributed by atoms with E-state index in [1.165, 1.54) is 6.07 Å². The van der Waals surface area contributed by atoms with Gasteiger partial charge in [-0.25, -0.2) is 4.39 Å². The van der Waals surface area contributed by atoms with E-state index in [9.17, 15) is 4.39 Å². The number of benzene rings is 1. The largest absolute Gasteiger partial charge is 0.312 e. The molecule has 0 aliphatic carbocycles. The van der Waals surface area contributed by atoms with Gasteiger partial charge in [0.15, 0.2) is 0 Å². The Balaban J connectivity index is 2.02. The number of hydrogen-bond acceptors (Lipinski definition) is 2. The van der Waals surface area contributed by atoms with E-state index in [1.807, 2.05) is 16.8 Å². The number of aromatic nitrogens is 2. The van der Waals surface area contributed by atoms with E-state index in [0.717, 1.165) is 24.3 Å². The van der Waals surface area contributed by atoms with Crippen molar-refractivity contribution in [2.45, 2.75) is 6.04 Å². The lowest BCUT2D eigenvalue weighted by Crippen LogP contribution is -2.44. The van der Waals surface area contributed by atoms with E-state index in [1.54, 1.807) is 18.3 Å². The number of hydrogen-bond donors (Lipinski definition) is 1. The van der Waals surface area contributed by atoms with Crippen LogP contribution in [0.1, 0.15) is 6.04 Å². The topological polar surface area (TPSA) is 29.9 Å². The summed E-state index contributed by atoms with van der Waals surface area (Å²) < 4.78 is 15.1. The lowest BCUT2D eigenvalue weighted by Gasteiger charge is -2.28. The first-order valence-electron chi connectivity index (χ1n) is 5.35. The van der Waals surface area contributed by atoms with Crippen molar-refractivity contribution >= 4 is 0 Å². The van der Waals surface area contributed by atoms with Crippen molar-refractivity contribution in [3.63, 3.8) is 0 Å².